The molecular formula is C11H25NO. The van der Waals surface area contributed by atoms with Crippen molar-refractivity contribution in [2.75, 3.05) is 13.6 Å². The summed E-state index contributed by atoms with van der Waals surface area (Å²) in [5.41, 5.74) is 0.190. The Morgan fingerprint density at radius 1 is 1.31 bits per heavy atom. The summed E-state index contributed by atoms with van der Waals surface area (Å²) in [4.78, 5) is 2.23. The lowest BCUT2D eigenvalue weighted by Crippen LogP contribution is -2.45. The molecule has 1 N–H and O–H groups in total. The third-order valence-corrected chi connectivity index (χ3v) is 3.13. The van der Waals surface area contributed by atoms with Crippen LogP contribution in [0.1, 0.15) is 41.0 Å². The molecule has 0 fully saturated rings. The molecule has 1 atom stereocenters. The predicted octanol–water partition coefficient (Wildman–Crippen LogP) is 2.12. The van der Waals surface area contributed by atoms with Crippen LogP contribution >= 0.6 is 0 Å². The minimum atomic E-state index is -0.212. The van der Waals surface area contributed by atoms with Gasteiger partial charge in [-0.05, 0) is 33.2 Å². The van der Waals surface area contributed by atoms with Gasteiger partial charge in [0.2, 0.25) is 0 Å². The Kier molecular flexibility index (Phi) is 4.93. The molecule has 0 radical (unpaired) electrons. The third-order valence-electron chi connectivity index (χ3n) is 3.13. The SMILES string of the molecule is CCC(C)(C)N(C)CC(O)C(C)C. The van der Waals surface area contributed by atoms with Crippen molar-refractivity contribution >= 4 is 0 Å². The van der Waals surface area contributed by atoms with Crippen molar-refractivity contribution in [2.45, 2.75) is 52.7 Å². The van der Waals surface area contributed by atoms with E-state index in [1.807, 2.05) is 0 Å². The van der Waals surface area contributed by atoms with Crippen LogP contribution in [0.3, 0.4) is 0 Å². The van der Waals surface area contributed by atoms with Crippen LogP contribution in [0, 0.1) is 5.92 Å². The summed E-state index contributed by atoms with van der Waals surface area (Å²) in [7, 11) is 2.08. The third kappa shape index (κ3) is 4.10. The van der Waals surface area contributed by atoms with Gasteiger partial charge in [-0.15, -0.1) is 0 Å². The number of hydrogen-bond acceptors (Lipinski definition) is 2. The molecule has 0 spiro atoms. The summed E-state index contributed by atoms with van der Waals surface area (Å²) in [5, 5.41) is 9.71. The van der Waals surface area contributed by atoms with Crippen LogP contribution in [0.15, 0.2) is 0 Å². The molecule has 0 aromatic heterocycles. The van der Waals surface area contributed by atoms with Gasteiger partial charge in [-0.3, -0.25) is 4.90 Å². The number of β-amino-alcohol motifs (C(OH)–C–C–N with tert-alkyl or cyclic N) is 1. The van der Waals surface area contributed by atoms with Crippen LogP contribution in [-0.2, 0) is 0 Å². The van der Waals surface area contributed by atoms with E-state index in [2.05, 4.69) is 46.6 Å². The number of nitrogens with zero attached hydrogens (tertiary/aromatic N) is 1. The van der Waals surface area contributed by atoms with Gasteiger partial charge in [0.25, 0.3) is 0 Å². The maximum atomic E-state index is 9.71. The Labute approximate surface area is 82.9 Å². The summed E-state index contributed by atoms with van der Waals surface area (Å²) >= 11 is 0. The van der Waals surface area contributed by atoms with E-state index in [-0.39, 0.29) is 11.6 Å². The second kappa shape index (κ2) is 4.97. The van der Waals surface area contributed by atoms with Gasteiger partial charge in [0.1, 0.15) is 0 Å². The smallest absolute Gasteiger partial charge is 0.0690 e. The summed E-state index contributed by atoms with van der Waals surface area (Å²) < 4.78 is 0. The Hall–Kier alpha value is -0.0800. The number of likely N-dealkylation sites (N-methyl/N-ethyl adjacent to an activating group) is 1. The molecule has 0 aliphatic heterocycles. The number of aliphatic hydroxyl groups excluding tert-OH is 1. The van der Waals surface area contributed by atoms with Gasteiger partial charge in [0.05, 0.1) is 6.10 Å². The fraction of sp³-hybridized carbons (Fsp3) is 1.00. The number of aliphatic hydroxyl groups is 1. The van der Waals surface area contributed by atoms with Crippen LogP contribution in [0.2, 0.25) is 0 Å². The van der Waals surface area contributed by atoms with Gasteiger partial charge in [-0.25, -0.2) is 0 Å². The molecule has 2 nitrogen and oxygen atoms in total. The van der Waals surface area contributed by atoms with E-state index in [0.717, 1.165) is 13.0 Å². The van der Waals surface area contributed by atoms with Gasteiger partial charge < -0.3 is 5.11 Å². The zero-order valence-electron chi connectivity index (χ0n) is 9.96. The summed E-state index contributed by atoms with van der Waals surface area (Å²) in [5.74, 6) is 0.343. The Morgan fingerprint density at radius 2 is 1.77 bits per heavy atom. The van der Waals surface area contributed by atoms with Crippen molar-refractivity contribution < 1.29 is 5.11 Å². The van der Waals surface area contributed by atoms with Gasteiger partial charge in [-0.1, -0.05) is 20.8 Å². The molecule has 0 amide bonds. The Bertz CT molecular complexity index is 143. The van der Waals surface area contributed by atoms with E-state index in [4.69, 9.17) is 0 Å². The Morgan fingerprint density at radius 3 is 2.08 bits per heavy atom. The summed E-state index contributed by atoms with van der Waals surface area (Å²) in [6, 6.07) is 0. The van der Waals surface area contributed by atoms with E-state index in [1.165, 1.54) is 0 Å². The molecule has 80 valence electrons. The molecule has 0 bridgehead atoms. The average molecular weight is 187 g/mol. The first-order chi connectivity index (χ1) is 5.81. The standard InChI is InChI=1S/C11H25NO/c1-7-11(4,5)12(6)8-10(13)9(2)3/h9-10,13H,7-8H2,1-6H3. The highest BCUT2D eigenvalue weighted by Crippen LogP contribution is 2.17. The first-order valence-corrected chi connectivity index (χ1v) is 5.20. The fourth-order valence-electron chi connectivity index (χ4n) is 1.01. The largest absolute Gasteiger partial charge is 0.392 e. The number of hydrogen-bond donors (Lipinski definition) is 1. The molecule has 0 saturated carbocycles. The first-order valence-electron chi connectivity index (χ1n) is 5.20. The molecule has 13 heavy (non-hydrogen) atoms. The van der Waals surface area contributed by atoms with E-state index < -0.39 is 0 Å². The molecule has 0 saturated heterocycles. The zero-order chi connectivity index (χ0) is 10.6. The predicted molar refractivity (Wildman–Crippen MR) is 57.8 cm³/mol. The molecule has 0 aromatic carbocycles. The lowest BCUT2D eigenvalue weighted by molar-refractivity contribution is 0.0441. The lowest BCUT2D eigenvalue weighted by Gasteiger charge is -2.36. The second-order valence-corrected chi connectivity index (χ2v) is 4.86. The molecule has 0 rings (SSSR count). The van der Waals surface area contributed by atoms with Crippen LogP contribution in [0.5, 0.6) is 0 Å². The molecule has 1 unspecified atom stereocenters. The molecule has 0 heterocycles. The zero-order valence-corrected chi connectivity index (χ0v) is 9.96. The fourth-order valence-corrected chi connectivity index (χ4v) is 1.01. The van der Waals surface area contributed by atoms with Crippen molar-refractivity contribution in [2.24, 2.45) is 5.92 Å². The van der Waals surface area contributed by atoms with Gasteiger partial charge in [0, 0.05) is 12.1 Å². The molecular weight excluding hydrogens is 162 g/mol. The quantitative estimate of drug-likeness (QED) is 0.712. The van der Waals surface area contributed by atoms with Crippen LogP contribution < -0.4 is 0 Å². The summed E-state index contributed by atoms with van der Waals surface area (Å²) in [6.07, 6.45) is 0.893. The van der Waals surface area contributed by atoms with Gasteiger partial charge >= 0.3 is 0 Å². The molecule has 0 aliphatic rings. The van der Waals surface area contributed by atoms with E-state index in [9.17, 15) is 5.11 Å². The molecule has 0 aromatic rings. The highest BCUT2D eigenvalue weighted by atomic mass is 16.3. The maximum absolute atomic E-state index is 9.71. The van der Waals surface area contributed by atoms with Crippen molar-refractivity contribution in [1.29, 1.82) is 0 Å². The maximum Gasteiger partial charge on any atom is 0.0690 e. The van der Waals surface area contributed by atoms with E-state index >= 15 is 0 Å². The van der Waals surface area contributed by atoms with Gasteiger partial charge in [-0.2, -0.15) is 0 Å². The highest BCUT2D eigenvalue weighted by molar-refractivity contribution is 4.79. The minimum absolute atomic E-state index is 0.190. The topological polar surface area (TPSA) is 23.5 Å². The summed E-state index contributed by atoms with van der Waals surface area (Å²) in [6.45, 7) is 11.5. The van der Waals surface area contributed by atoms with Crippen molar-refractivity contribution in [3.05, 3.63) is 0 Å². The molecule has 2 heteroatoms. The first kappa shape index (κ1) is 12.9. The average Bonchev–Trinajstić information content (AvgIpc) is 2.04. The van der Waals surface area contributed by atoms with Crippen LogP contribution in [-0.4, -0.2) is 35.2 Å². The van der Waals surface area contributed by atoms with E-state index in [1.54, 1.807) is 0 Å². The minimum Gasteiger partial charge on any atom is -0.392 e. The highest BCUT2D eigenvalue weighted by Gasteiger charge is 2.23. The lowest BCUT2D eigenvalue weighted by atomic mass is 9.98. The Balaban J connectivity index is 4.06. The molecule has 0 aliphatic carbocycles. The normalized spacial score (nSPS) is 15.5. The van der Waals surface area contributed by atoms with Gasteiger partial charge in [0.15, 0.2) is 0 Å². The number of rotatable bonds is 5. The monoisotopic (exact) mass is 187 g/mol. The second-order valence-electron chi connectivity index (χ2n) is 4.86. The van der Waals surface area contributed by atoms with Crippen molar-refractivity contribution in [3.63, 3.8) is 0 Å². The van der Waals surface area contributed by atoms with Crippen molar-refractivity contribution in [1.82, 2.24) is 4.90 Å². The van der Waals surface area contributed by atoms with E-state index in [0.29, 0.717) is 5.92 Å². The van der Waals surface area contributed by atoms with Crippen LogP contribution in [0.25, 0.3) is 0 Å². The van der Waals surface area contributed by atoms with Crippen molar-refractivity contribution in [3.8, 4) is 0 Å². The van der Waals surface area contributed by atoms with Crippen LogP contribution in [0.4, 0.5) is 0 Å².